The molecular formula is C17H29IN4O3S2. The molecule has 1 aliphatic heterocycles. The number of aliphatic imine (C=N–C) groups is 1. The first-order valence-corrected chi connectivity index (χ1v) is 11.4. The highest BCUT2D eigenvalue weighted by atomic mass is 127. The molecule has 1 fully saturated rings. The van der Waals surface area contributed by atoms with Crippen LogP contribution in [0.25, 0.3) is 0 Å². The molecule has 0 aliphatic carbocycles. The Kier molecular flexibility index (Phi) is 10.0. The zero-order chi connectivity index (χ0) is 19.2. The highest BCUT2D eigenvalue weighted by Crippen LogP contribution is 2.16. The molecule has 2 rings (SSSR count). The summed E-state index contributed by atoms with van der Waals surface area (Å²) in [6, 6.07) is 4.23. The Balaban J connectivity index is 0.00000364. The molecule has 7 nitrogen and oxygen atoms in total. The second-order valence-corrected chi connectivity index (χ2v) is 10.3. The minimum absolute atomic E-state index is 0. The molecular weight excluding hydrogens is 499 g/mol. The van der Waals surface area contributed by atoms with Crippen molar-refractivity contribution in [2.24, 2.45) is 4.99 Å². The fraction of sp³-hybridized carbons (Fsp3) is 0.647. The molecule has 1 saturated heterocycles. The standard InChI is InChI=1S/C17H28N4O3S2.HI/c1-12(10-15-5-4-13(2)25-15)20-17(18-3)19-8-6-16(22)21-14-7-9-26(23,24)11-14;/h4-5,12,14H,6-11H2,1-3H3,(H,21,22)(H2,18,19,20);1H. The zero-order valence-electron chi connectivity index (χ0n) is 15.9. The lowest BCUT2D eigenvalue weighted by Gasteiger charge is -2.17. The first-order valence-electron chi connectivity index (χ1n) is 8.79. The zero-order valence-corrected chi connectivity index (χ0v) is 19.9. The Morgan fingerprint density at radius 2 is 2.15 bits per heavy atom. The normalized spacial score (nSPS) is 19.8. The molecule has 27 heavy (non-hydrogen) atoms. The number of amides is 1. The summed E-state index contributed by atoms with van der Waals surface area (Å²) < 4.78 is 22.8. The number of halogens is 1. The van der Waals surface area contributed by atoms with Crippen LogP contribution in [0.5, 0.6) is 0 Å². The molecule has 0 saturated carbocycles. The van der Waals surface area contributed by atoms with Crippen LogP contribution >= 0.6 is 35.3 Å². The second kappa shape index (κ2) is 11.2. The smallest absolute Gasteiger partial charge is 0.222 e. The van der Waals surface area contributed by atoms with Gasteiger partial charge in [0.05, 0.1) is 11.5 Å². The Labute approximate surface area is 182 Å². The van der Waals surface area contributed by atoms with Crippen molar-refractivity contribution < 1.29 is 13.2 Å². The SMILES string of the molecule is CN=C(NCCC(=O)NC1CCS(=O)(=O)C1)NC(C)Cc1ccc(C)s1.I. The lowest BCUT2D eigenvalue weighted by atomic mass is 10.2. The minimum atomic E-state index is -2.98. The van der Waals surface area contributed by atoms with E-state index in [4.69, 9.17) is 0 Å². The monoisotopic (exact) mass is 528 g/mol. The van der Waals surface area contributed by atoms with Gasteiger partial charge in [0.25, 0.3) is 0 Å². The number of carbonyl (C=O) groups excluding carboxylic acids is 1. The number of rotatable bonds is 7. The summed E-state index contributed by atoms with van der Waals surface area (Å²) in [7, 11) is -1.28. The highest BCUT2D eigenvalue weighted by Gasteiger charge is 2.28. The van der Waals surface area contributed by atoms with Crippen LogP contribution in [0.1, 0.15) is 29.5 Å². The van der Waals surface area contributed by atoms with Crippen LogP contribution in [-0.4, -0.2) is 57.5 Å². The molecule has 2 heterocycles. The number of hydrogen-bond donors (Lipinski definition) is 3. The Bertz CT molecular complexity index is 749. The summed E-state index contributed by atoms with van der Waals surface area (Å²) in [5, 5.41) is 9.23. The number of sulfone groups is 1. The number of thiophene rings is 1. The third kappa shape index (κ3) is 8.77. The Morgan fingerprint density at radius 1 is 1.41 bits per heavy atom. The third-order valence-electron chi connectivity index (χ3n) is 4.15. The van der Waals surface area contributed by atoms with Crippen molar-refractivity contribution in [3.8, 4) is 0 Å². The number of nitrogens with zero attached hydrogens (tertiary/aromatic N) is 1. The van der Waals surface area contributed by atoms with Crippen LogP contribution in [0.4, 0.5) is 0 Å². The van der Waals surface area contributed by atoms with E-state index in [-0.39, 0.29) is 59.9 Å². The van der Waals surface area contributed by atoms with Crippen LogP contribution in [-0.2, 0) is 21.1 Å². The highest BCUT2D eigenvalue weighted by molar-refractivity contribution is 14.0. The van der Waals surface area contributed by atoms with Gasteiger partial charge in [0.2, 0.25) is 5.91 Å². The van der Waals surface area contributed by atoms with E-state index in [1.54, 1.807) is 18.4 Å². The van der Waals surface area contributed by atoms with Gasteiger partial charge in [0.1, 0.15) is 0 Å². The minimum Gasteiger partial charge on any atom is -0.356 e. The van der Waals surface area contributed by atoms with Crippen molar-refractivity contribution in [1.29, 1.82) is 0 Å². The van der Waals surface area contributed by atoms with E-state index < -0.39 is 9.84 Å². The lowest BCUT2D eigenvalue weighted by molar-refractivity contribution is -0.121. The van der Waals surface area contributed by atoms with Gasteiger partial charge in [0, 0.05) is 48.3 Å². The van der Waals surface area contributed by atoms with Gasteiger partial charge < -0.3 is 16.0 Å². The first-order chi connectivity index (χ1) is 12.3. The molecule has 0 bridgehead atoms. The van der Waals surface area contributed by atoms with Gasteiger partial charge in [0.15, 0.2) is 15.8 Å². The van der Waals surface area contributed by atoms with E-state index in [0.717, 1.165) is 6.42 Å². The van der Waals surface area contributed by atoms with Crippen LogP contribution < -0.4 is 16.0 Å². The van der Waals surface area contributed by atoms with Crippen LogP contribution in [0.15, 0.2) is 17.1 Å². The summed E-state index contributed by atoms with van der Waals surface area (Å²) in [5.74, 6) is 0.725. The van der Waals surface area contributed by atoms with Crippen LogP contribution in [0.2, 0.25) is 0 Å². The molecule has 1 amide bonds. The topological polar surface area (TPSA) is 99.7 Å². The molecule has 10 heteroatoms. The fourth-order valence-electron chi connectivity index (χ4n) is 2.88. The Hall–Kier alpha value is -0.880. The average Bonchev–Trinajstić information content (AvgIpc) is 3.11. The number of nitrogens with one attached hydrogen (secondary N) is 3. The number of carbonyl (C=O) groups is 1. The molecule has 0 aromatic carbocycles. The predicted molar refractivity (Wildman–Crippen MR) is 122 cm³/mol. The van der Waals surface area contributed by atoms with Crippen molar-refractivity contribution in [3.63, 3.8) is 0 Å². The summed E-state index contributed by atoms with van der Waals surface area (Å²) in [5.41, 5.74) is 0. The van der Waals surface area contributed by atoms with Crippen molar-refractivity contribution in [2.45, 2.75) is 45.2 Å². The predicted octanol–water partition coefficient (Wildman–Crippen LogP) is 1.46. The van der Waals surface area contributed by atoms with E-state index >= 15 is 0 Å². The third-order valence-corrected chi connectivity index (χ3v) is 6.94. The molecule has 0 radical (unpaired) electrons. The van der Waals surface area contributed by atoms with E-state index in [9.17, 15) is 13.2 Å². The van der Waals surface area contributed by atoms with Gasteiger partial charge in [-0.15, -0.1) is 35.3 Å². The van der Waals surface area contributed by atoms with Crippen molar-refractivity contribution >= 4 is 57.0 Å². The second-order valence-electron chi connectivity index (χ2n) is 6.68. The molecule has 2 atom stereocenters. The van der Waals surface area contributed by atoms with Crippen LogP contribution in [0.3, 0.4) is 0 Å². The summed E-state index contributed by atoms with van der Waals surface area (Å²) in [6.07, 6.45) is 1.69. The average molecular weight is 528 g/mol. The van der Waals surface area contributed by atoms with Gasteiger partial charge in [-0.3, -0.25) is 9.79 Å². The molecule has 1 aromatic rings. The molecule has 0 spiro atoms. The van der Waals surface area contributed by atoms with Crippen LogP contribution in [0, 0.1) is 6.92 Å². The van der Waals surface area contributed by atoms with Gasteiger partial charge in [-0.05, 0) is 32.4 Å². The van der Waals surface area contributed by atoms with Crippen molar-refractivity contribution in [3.05, 3.63) is 21.9 Å². The maximum absolute atomic E-state index is 11.9. The maximum Gasteiger partial charge on any atom is 0.222 e. The molecule has 3 N–H and O–H groups in total. The van der Waals surface area contributed by atoms with Gasteiger partial charge in [-0.1, -0.05) is 0 Å². The van der Waals surface area contributed by atoms with Crippen molar-refractivity contribution in [1.82, 2.24) is 16.0 Å². The number of aryl methyl sites for hydroxylation is 1. The molecule has 2 unspecified atom stereocenters. The summed E-state index contributed by atoms with van der Waals surface area (Å²) in [6.45, 7) is 4.63. The fourth-order valence-corrected chi connectivity index (χ4v) is 5.57. The quantitative estimate of drug-likeness (QED) is 0.283. The van der Waals surface area contributed by atoms with E-state index in [0.29, 0.717) is 18.9 Å². The Morgan fingerprint density at radius 3 is 2.70 bits per heavy atom. The molecule has 154 valence electrons. The number of hydrogen-bond acceptors (Lipinski definition) is 5. The van der Waals surface area contributed by atoms with E-state index in [2.05, 4.69) is 46.9 Å². The largest absolute Gasteiger partial charge is 0.356 e. The van der Waals surface area contributed by atoms with E-state index in [1.807, 2.05) is 0 Å². The first kappa shape index (κ1) is 24.2. The number of guanidine groups is 1. The molecule has 1 aromatic heterocycles. The van der Waals surface area contributed by atoms with Gasteiger partial charge in [-0.2, -0.15) is 0 Å². The lowest BCUT2D eigenvalue weighted by Crippen LogP contribution is -2.44. The van der Waals surface area contributed by atoms with Gasteiger partial charge >= 0.3 is 0 Å². The molecule has 1 aliphatic rings. The summed E-state index contributed by atoms with van der Waals surface area (Å²) >= 11 is 1.79. The van der Waals surface area contributed by atoms with Gasteiger partial charge in [-0.25, -0.2) is 8.42 Å². The summed E-state index contributed by atoms with van der Waals surface area (Å²) in [4.78, 5) is 18.7. The van der Waals surface area contributed by atoms with E-state index in [1.165, 1.54) is 9.75 Å². The van der Waals surface area contributed by atoms with Crippen molar-refractivity contribution in [2.75, 3.05) is 25.1 Å². The maximum atomic E-state index is 11.9.